The number of carbonyl (C=O) groups excluding carboxylic acids is 1. The van der Waals surface area contributed by atoms with Gasteiger partial charge in [-0.1, -0.05) is 0 Å². The average molecular weight is 247 g/mol. The zero-order valence-corrected chi connectivity index (χ0v) is 10.1. The predicted octanol–water partition coefficient (Wildman–Crippen LogP) is 0.0335. The van der Waals surface area contributed by atoms with E-state index in [0.29, 0.717) is 13.1 Å². The Kier molecular flexibility index (Phi) is 5.08. The first-order valence-corrected chi connectivity index (χ1v) is 6.41. The lowest BCUT2D eigenvalue weighted by Gasteiger charge is -2.17. The molecule has 6 heteroatoms. The maximum Gasteiger partial charge on any atom is 0.313 e. The molecule has 0 aromatic rings. The van der Waals surface area contributed by atoms with E-state index in [1.807, 2.05) is 0 Å². The number of aliphatic carboxylic acids is 1. The van der Waals surface area contributed by atoms with E-state index in [4.69, 9.17) is 5.11 Å². The van der Waals surface area contributed by atoms with Crippen molar-refractivity contribution in [3.05, 3.63) is 0 Å². The lowest BCUT2D eigenvalue weighted by Crippen LogP contribution is -2.31. The maximum absolute atomic E-state index is 11.6. The normalized spacial score (nSPS) is 22.1. The number of likely N-dealkylation sites (tertiary alicyclic amines) is 1. The minimum absolute atomic E-state index is 0.0330. The quantitative estimate of drug-likeness (QED) is 0.717. The van der Waals surface area contributed by atoms with Crippen LogP contribution < -0.4 is 0 Å². The van der Waals surface area contributed by atoms with E-state index in [0.717, 1.165) is 18.2 Å². The van der Waals surface area contributed by atoms with Gasteiger partial charge in [0, 0.05) is 19.0 Å². The number of aliphatic hydroxyl groups excluding tert-OH is 1. The Balaban J connectivity index is 2.25. The molecule has 0 aromatic heterocycles. The van der Waals surface area contributed by atoms with E-state index < -0.39 is 5.97 Å². The van der Waals surface area contributed by atoms with Crippen LogP contribution in [0.5, 0.6) is 0 Å². The molecule has 1 saturated heterocycles. The molecule has 1 aliphatic heterocycles. The molecular weight excluding hydrogens is 230 g/mol. The smallest absolute Gasteiger partial charge is 0.313 e. The molecular formula is C10H17NO4S. The van der Waals surface area contributed by atoms with Crippen molar-refractivity contribution in [3.63, 3.8) is 0 Å². The van der Waals surface area contributed by atoms with Crippen molar-refractivity contribution in [3.8, 4) is 0 Å². The van der Waals surface area contributed by atoms with Crippen LogP contribution >= 0.6 is 11.8 Å². The standard InChI is InChI=1S/C10H17NO4S/c1-7(12)8-2-3-11(4-8)9(13)5-16-6-10(14)15/h7-8,12H,2-6H2,1H3,(H,14,15). The fourth-order valence-electron chi connectivity index (χ4n) is 1.72. The van der Waals surface area contributed by atoms with Gasteiger partial charge in [-0.25, -0.2) is 0 Å². The largest absolute Gasteiger partial charge is 0.481 e. The molecule has 0 spiro atoms. The summed E-state index contributed by atoms with van der Waals surface area (Å²) >= 11 is 1.11. The first-order valence-electron chi connectivity index (χ1n) is 5.26. The Morgan fingerprint density at radius 1 is 1.50 bits per heavy atom. The number of carboxylic acids is 1. The van der Waals surface area contributed by atoms with Crippen LogP contribution in [-0.2, 0) is 9.59 Å². The minimum atomic E-state index is -0.902. The van der Waals surface area contributed by atoms with Crippen molar-refractivity contribution < 1.29 is 19.8 Å². The second-order valence-electron chi connectivity index (χ2n) is 4.02. The summed E-state index contributed by atoms with van der Waals surface area (Å²) in [6.45, 7) is 2.99. The number of carbonyl (C=O) groups is 2. The van der Waals surface area contributed by atoms with Gasteiger partial charge in [-0.3, -0.25) is 9.59 Å². The summed E-state index contributed by atoms with van der Waals surface area (Å²) < 4.78 is 0. The number of nitrogens with zero attached hydrogens (tertiary/aromatic N) is 1. The molecule has 1 amide bonds. The highest BCUT2D eigenvalue weighted by molar-refractivity contribution is 8.00. The zero-order chi connectivity index (χ0) is 12.1. The Bertz CT molecular complexity index is 270. The molecule has 2 atom stereocenters. The number of rotatable bonds is 5. The molecule has 16 heavy (non-hydrogen) atoms. The summed E-state index contributed by atoms with van der Waals surface area (Å²) in [6, 6.07) is 0. The van der Waals surface area contributed by atoms with E-state index in [9.17, 15) is 14.7 Å². The molecule has 2 unspecified atom stereocenters. The van der Waals surface area contributed by atoms with Gasteiger partial charge in [0.25, 0.3) is 0 Å². The van der Waals surface area contributed by atoms with Crippen LogP contribution in [0.15, 0.2) is 0 Å². The summed E-state index contributed by atoms with van der Waals surface area (Å²) in [5.41, 5.74) is 0. The molecule has 0 radical (unpaired) electrons. The van der Waals surface area contributed by atoms with Gasteiger partial charge >= 0.3 is 5.97 Å². The molecule has 5 nitrogen and oxygen atoms in total. The van der Waals surface area contributed by atoms with Gasteiger partial charge in [0.1, 0.15) is 0 Å². The van der Waals surface area contributed by atoms with Crippen LogP contribution in [-0.4, -0.2) is 57.7 Å². The summed E-state index contributed by atoms with van der Waals surface area (Å²) in [4.78, 5) is 23.6. The lowest BCUT2D eigenvalue weighted by atomic mass is 10.0. The van der Waals surface area contributed by atoms with Gasteiger partial charge in [-0.2, -0.15) is 0 Å². The first kappa shape index (κ1) is 13.3. The van der Waals surface area contributed by atoms with Crippen LogP contribution in [0, 0.1) is 5.92 Å². The number of hydrogen-bond acceptors (Lipinski definition) is 4. The van der Waals surface area contributed by atoms with E-state index in [-0.39, 0.29) is 29.4 Å². The fourth-order valence-corrected chi connectivity index (χ4v) is 2.36. The number of thioether (sulfide) groups is 1. The molecule has 1 heterocycles. The Labute approximate surface area is 98.8 Å². The molecule has 92 valence electrons. The molecule has 0 aliphatic carbocycles. The van der Waals surface area contributed by atoms with Gasteiger partial charge in [-0.05, 0) is 13.3 Å². The highest BCUT2D eigenvalue weighted by atomic mass is 32.2. The summed E-state index contributed by atoms with van der Waals surface area (Å²) in [5.74, 6) is -0.609. The third kappa shape index (κ3) is 4.02. The summed E-state index contributed by atoms with van der Waals surface area (Å²) in [7, 11) is 0. The van der Waals surface area contributed by atoms with Gasteiger partial charge < -0.3 is 15.1 Å². The molecule has 1 aliphatic rings. The van der Waals surface area contributed by atoms with Crippen molar-refractivity contribution in [2.75, 3.05) is 24.6 Å². The number of hydrogen-bond donors (Lipinski definition) is 2. The van der Waals surface area contributed by atoms with Crippen LogP contribution in [0.1, 0.15) is 13.3 Å². The average Bonchev–Trinajstić information content (AvgIpc) is 2.65. The molecule has 0 saturated carbocycles. The van der Waals surface area contributed by atoms with Crippen LogP contribution in [0.4, 0.5) is 0 Å². The molecule has 0 bridgehead atoms. The minimum Gasteiger partial charge on any atom is -0.481 e. The van der Waals surface area contributed by atoms with Crippen molar-refractivity contribution in [1.29, 1.82) is 0 Å². The van der Waals surface area contributed by atoms with Gasteiger partial charge in [-0.15, -0.1) is 11.8 Å². The van der Waals surface area contributed by atoms with Gasteiger partial charge in [0.05, 0.1) is 17.6 Å². The SMILES string of the molecule is CC(O)C1CCN(C(=O)CSCC(=O)O)C1. The van der Waals surface area contributed by atoms with Crippen molar-refractivity contribution in [2.45, 2.75) is 19.4 Å². The predicted molar refractivity (Wildman–Crippen MR) is 61.3 cm³/mol. The molecule has 0 aromatic carbocycles. The monoisotopic (exact) mass is 247 g/mol. The van der Waals surface area contributed by atoms with Crippen molar-refractivity contribution in [1.82, 2.24) is 4.90 Å². The van der Waals surface area contributed by atoms with E-state index >= 15 is 0 Å². The molecule has 1 rings (SSSR count). The Morgan fingerprint density at radius 3 is 2.69 bits per heavy atom. The molecule has 1 fully saturated rings. The second-order valence-corrected chi connectivity index (χ2v) is 5.00. The number of carboxylic acid groups (broad SMARTS) is 1. The van der Waals surface area contributed by atoms with E-state index in [1.54, 1.807) is 11.8 Å². The van der Waals surface area contributed by atoms with Gasteiger partial charge in [0.2, 0.25) is 5.91 Å². The Hall–Kier alpha value is -0.750. The first-order chi connectivity index (χ1) is 7.50. The van der Waals surface area contributed by atoms with Crippen molar-refractivity contribution in [2.24, 2.45) is 5.92 Å². The van der Waals surface area contributed by atoms with Gasteiger partial charge in [0.15, 0.2) is 0 Å². The highest BCUT2D eigenvalue weighted by Crippen LogP contribution is 2.20. The fraction of sp³-hybridized carbons (Fsp3) is 0.800. The van der Waals surface area contributed by atoms with Crippen LogP contribution in [0.3, 0.4) is 0 Å². The maximum atomic E-state index is 11.6. The number of aliphatic hydroxyl groups is 1. The zero-order valence-electron chi connectivity index (χ0n) is 9.26. The van der Waals surface area contributed by atoms with Crippen LogP contribution in [0.2, 0.25) is 0 Å². The highest BCUT2D eigenvalue weighted by Gasteiger charge is 2.28. The van der Waals surface area contributed by atoms with E-state index in [1.165, 1.54) is 0 Å². The lowest BCUT2D eigenvalue weighted by molar-refractivity contribution is -0.133. The third-order valence-corrected chi connectivity index (χ3v) is 3.61. The number of amides is 1. The third-order valence-electron chi connectivity index (χ3n) is 2.71. The summed E-state index contributed by atoms with van der Waals surface area (Å²) in [6.07, 6.45) is 0.442. The van der Waals surface area contributed by atoms with Crippen LogP contribution in [0.25, 0.3) is 0 Å². The van der Waals surface area contributed by atoms with E-state index in [2.05, 4.69) is 0 Å². The topological polar surface area (TPSA) is 77.8 Å². The second kappa shape index (κ2) is 6.10. The van der Waals surface area contributed by atoms with Crippen molar-refractivity contribution >= 4 is 23.6 Å². The Morgan fingerprint density at radius 2 is 2.19 bits per heavy atom. The summed E-state index contributed by atoms with van der Waals surface area (Å²) in [5, 5.41) is 17.8. The molecule has 2 N–H and O–H groups in total.